The molecule has 1 aromatic heterocycles. The molecule has 9 heteroatoms. The van der Waals surface area contributed by atoms with Gasteiger partial charge in [-0.25, -0.2) is 5.43 Å². The molecule has 144 valence electrons. The Labute approximate surface area is 184 Å². The number of carbonyl (C=O) groups excluding carboxylic acids is 1. The van der Waals surface area contributed by atoms with E-state index < -0.39 is 5.91 Å². The van der Waals surface area contributed by atoms with Gasteiger partial charge >= 0.3 is 0 Å². The molecule has 1 heterocycles. The highest BCUT2D eigenvalue weighted by molar-refractivity contribution is 9.10. The first-order chi connectivity index (χ1) is 13.5. The Morgan fingerprint density at radius 2 is 1.96 bits per heavy atom. The molecule has 1 amide bonds. The predicted molar refractivity (Wildman–Crippen MR) is 115 cm³/mol. The summed E-state index contributed by atoms with van der Waals surface area (Å²) in [5.74, 6) is 0.586. The van der Waals surface area contributed by atoms with Gasteiger partial charge in [0.1, 0.15) is 11.5 Å². The standard InChI is InChI=1S/C19H13BrCl2N2O3S/c20-17-9-15(27-19(17)28-16-6-4-12(21)5-7-16)10-23-24-18(25)11-26-14-3-1-2-13(22)8-14/h1-10H,11H2,(H,24,25)/b23-10+. The number of ether oxygens (including phenoxy) is 1. The number of nitrogens with zero attached hydrogens (tertiary/aromatic N) is 1. The lowest BCUT2D eigenvalue weighted by Gasteiger charge is -2.04. The average Bonchev–Trinajstić information content (AvgIpc) is 3.01. The maximum absolute atomic E-state index is 11.8. The molecule has 0 saturated heterocycles. The monoisotopic (exact) mass is 498 g/mol. The van der Waals surface area contributed by atoms with E-state index in [1.54, 1.807) is 30.3 Å². The Morgan fingerprint density at radius 1 is 1.18 bits per heavy atom. The molecule has 0 aliphatic rings. The van der Waals surface area contributed by atoms with E-state index in [0.717, 1.165) is 9.37 Å². The van der Waals surface area contributed by atoms with E-state index in [2.05, 4.69) is 26.5 Å². The van der Waals surface area contributed by atoms with Crippen molar-refractivity contribution in [3.8, 4) is 5.75 Å². The van der Waals surface area contributed by atoms with E-state index in [1.165, 1.54) is 18.0 Å². The van der Waals surface area contributed by atoms with Crippen molar-refractivity contribution in [1.82, 2.24) is 5.43 Å². The third-order valence-electron chi connectivity index (χ3n) is 3.25. The Hall–Kier alpha value is -1.93. The Kier molecular flexibility index (Phi) is 7.44. The van der Waals surface area contributed by atoms with Crippen LogP contribution >= 0.6 is 50.9 Å². The van der Waals surface area contributed by atoms with Crippen molar-refractivity contribution in [1.29, 1.82) is 0 Å². The Morgan fingerprint density at radius 3 is 2.71 bits per heavy atom. The molecule has 0 atom stereocenters. The van der Waals surface area contributed by atoms with E-state index in [-0.39, 0.29) is 6.61 Å². The maximum Gasteiger partial charge on any atom is 0.277 e. The lowest BCUT2D eigenvalue weighted by molar-refractivity contribution is -0.123. The minimum Gasteiger partial charge on any atom is -0.484 e. The zero-order valence-electron chi connectivity index (χ0n) is 14.2. The first-order valence-corrected chi connectivity index (χ1v) is 10.3. The molecule has 3 rings (SSSR count). The molecule has 3 aromatic rings. The first kappa shape index (κ1) is 20.8. The lowest BCUT2D eigenvalue weighted by atomic mass is 10.3. The topological polar surface area (TPSA) is 63.8 Å². The third-order valence-corrected chi connectivity index (χ3v) is 5.58. The van der Waals surface area contributed by atoms with Crippen LogP contribution in [0.25, 0.3) is 0 Å². The quantitative estimate of drug-likeness (QED) is 0.318. The fraction of sp³-hybridized carbons (Fsp3) is 0.0526. The van der Waals surface area contributed by atoms with Gasteiger partial charge in [0.25, 0.3) is 5.91 Å². The van der Waals surface area contributed by atoms with Gasteiger partial charge in [-0.15, -0.1) is 0 Å². The minimum atomic E-state index is -0.405. The van der Waals surface area contributed by atoms with Crippen molar-refractivity contribution in [3.05, 3.63) is 74.9 Å². The van der Waals surface area contributed by atoms with Crippen LogP contribution in [0.2, 0.25) is 10.0 Å². The van der Waals surface area contributed by atoms with E-state index >= 15 is 0 Å². The smallest absolute Gasteiger partial charge is 0.277 e. The van der Waals surface area contributed by atoms with Gasteiger partial charge < -0.3 is 9.15 Å². The Bertz CT molecular complexity index is 993. The summed E-state index contributed by atoms with van der Waals surface area (Å²) in [5.41, 5.74) is 2.38. The summed E-state index contributed by atoms with van der Waals surface area (Å²) in [7, 11) is 0. The molecular weight excluding hydrogens is 487 g/mol. The fourth-order valence-corrected chi connectivity index (χ4v) is 3.65. The third kappa shape index (κ3) is 6.31. The van der Waals surface area contributed by atoms with Gasteiger partial charge in [-0.2, -0.15) is 5.10 Å². The van der Waals surface area contributed by atoms with Crippen LogP contribution < -0.4 is 10.2 Å². The molecular formula is C19H13BrCl2N2O3S. The lowest BCUT2D eigenvalue weighted by Crippen LogP contribution is -2.24. The average molecular weight is 500 g/mol. The molecule has 0 spiro atoms. The number of hydrogen-bond acceptors (Lipinski definition) is 5. The molecule has 0 fully saturated rings. The molecule has 0 saturated carbocycles. The van der Waals surface area contributed by atoms with Gasteiger partial charge in [-0.05, 0) is 58.4 Å². The highest BCUT2D eigenvalue weighted by atomic mass is 79.9. The zero-order chi connectivity index (χ0) is 19.9. The molecule has 2 aromatic carbocycles. The fourth-order valence-electron chi connectivity index (χ4n) is 2.02. The number of benzene rings is 2. The molecule has 0 bridgehead atoms. The van der Waals surface area contributed by atoms with Crippen LogP contribution in [0.5, 0.6) is 5.75 Å². The van der Waals surface area contributed by atoms with E-state index in [4.69, 9.17) is 32.4 Å². The van der Waals surface area contributed by atoms with Crippen molar-refractivity contribution in [2.45, 2.75) is 9.99 Å². The highest BCUT2D eigenvalue weighted by Crippen LogP contribution is 2.35. The van der Waals surface area contributed by atoms with Crippen LogP contribution in [0.1, 0.15) is 5.76 Å². The minimum absolute atomic E-state index is 0.183. The van der Waals surface area contributed by atoms with Crippen LogP contribution in [0.4, 0.5) is 0 Å². The second-order valence-corrected chi connectivity index (χ2v) is 8.15. The molecule has 1 N–H and O–H groups in total. The second kappa shape index (κ2) is 10.0. The molecule has 0 aliphatic heterocycles. The van der Waals surface area contributed by atoms with Gasteiger partial charge in [-0.3, -0.25) is 4.79 Å². The molecule has 0 aliphatic carbocycles. The van der Waals surface area contributed by atoms with Crippen molar-refractivity contribution >= 4 is 63.0 Å². The summed E-state index contributed by atoms with van der Waals surface area (Å²) in [6, 6.07) is 16.0. The number of carbonyl (C=O) groups is 1. The summed E-state index contributed by atoms with van der Waals surface area (Å²) in [5, 5.41) is 5.74. The summed E-state index contributed by atoms with van der Waals surface area (Å²) in [6.45, 7) is -0.183. The van der Waals surface area contributed by atoms with Gasteiger partial charge in [-0.1, -0.05) is 41.0 Å². The normalized spacial score (nSPS) is 11.0. The zero-order valence-corrected chi connectivity index (χ0v) is 18.1. The SMILES string of the molecule is O=C(COc1cccc(Cl)c1)N/N=C/c1cc(Br)c(Sc2ccc(Cl)cc2)o1. The van der Waals surface area contributed by atoms with E-state index in [9.17, 15) is 4.79 Å². The molecule has 0 unspecified atom stereocenters. The van der Waals surface area contributed by atoms with Crippen molar-refractivity contribution in [2.75, 3.05) is 6.61 Å². The number of halogens is 3. The van der Waals surface area contributed by atoms with Crippen LogP contribution in [-0.4, -0.2) is 18.7 Å². The largest absolute Gasteiger partial charge is 0.484 e. The number of amides is 1. The van der Waals surface area contributed by atoms with Gasteiger partial charge in [0.05, 0.1) is 10.7 Å². The summed E-state index contributed by atoms with van der Waals surface area (Å²) in [6.07, 6.45) is 1.41. The van der Waals surface area contributed by atoms with Crippen LogP contribution in [0.15, 0.2) is 78.6 Å². The van der Waals surface area contributed by atoms with E-state index in [0.29, 0.717) is 26.6 Å². The van der Waals surface area contributed by atoms with Crippen LogP contribution in [0.3, 0.4) is 0 Å². The number of nitrogens with one attached hydrogen (secondary N) is 1. The molecule has 0 radical (unpaired) electrons. The predicted octanol–water partition coefficient (Wildman–Crippen LogP) is 6.03. The van der Waals surface area contributed by atoms with Crippen LogP contribution in [0, 0.1) is 0 Å². The summed E-state index contributed by atoms with van der Waals surface area (Å²) < 4.78 is 11.8. The van der Waals surface area contributed by atoms with Gasteiger partial charge in [0.15, 0.2) is 11.7 Å². The second-order valence-electron chi connectivity index (χ2n) is 5.38. The van der Waals surface area contributed by atoms with Crippen molar-refractivity contribution in [2.24, 2.45) is 5.10 Å². The summed E-state index contributed by atoms with van der Waals surface area (Å²) in [4.78, 5) is 12.8. The first-order valence-electron chi connectivity index (χ1n) is 7.92. The van der Waals surface area contributed by atoms with E-state index in [1.807, 2.05) is 24.3 Å². The molecule has 28 heavy (non-hydrogen) atoms. The highest BCUT2D eigenvalue weighted by Gasteiger charge is 2.10. The molecule has 5 nitrogen and oxygen atoms in total. The van der Waals surface area contributed by atoms with Crippen LogP contribution in [-0.2, 0) is 4.79 Å². The number of rotatable bonds is 7. The van der Waals surface area contributed by atoms with Crippen molar-refractivity contribution in [3.63, 3.8) is 0 Å². The number of hydrazone groups is 1. The van der Waals surface area contributed by atoms with Gasteiger partial charge in [0.2, 0.25) is 0 Å². The van der Waals surface area contributed by atoms with Crippen molar-refractivity contribution < 1.29 is 13.9 Å². The number of hydrogen-bond donors (Lipinski definition) is 1. The summed E-state index contributed by atoms with van der Waals surface area (Å²) >= 11 is 16.6. The maximum atomic E-state index is 11.8. The Balaban J connectivity index is 1.51. The van der Waals surface area contributed by atoms with Gasteiger partial charge in [0, 0.05) is 21.0 Å². The number of furan rings is 1.